The highest BCUT2D eigenvalue weighted by molar-refractivity contribution is 5.85. The van der Waals surface area contributed by atoms with E-state index >= 15 is 0 Å². The molecule has 3 rings (SSSR count). The minimum atomic E-state index is -0.530. The Morgan fingerprint density at radius 2 is 1.80 bits per heavy atom. The van der Waals surface area contributed by atoms with Gasteiger partial charge in [0.2, 0.25) is 0 Å². The molecule has 106 valence electrons. The summed E-state index contributed by atoms with van der Waals surface area (Å²) in [6.07, 6.45) is 4.09. The molecule has 2 N–H and O–H groups in total. The van der Waals surface area contributed by atoms with Gasteiger partial charge in [-0.25, -0.2) is 0 Å². The van der Waals surface area contributed by atoms with E-state index in [4.69, 9.17) is 0 Å². The maximum Gasteiger partial charge on any atom is 0.0819 e. The van der Waals surface area contributed by atoms with Crippen LogP contribution >= 0.6 is 0 Å². The lowest BCUT2D eigenvalue weighted by Crippen LogP contribution is -2.40. The number of hydrogen-bond acceptors (Lipinski definition) is 2. The first kappa shape index (κ1) is 13.4. The summed E-state index contributed by atoms with van der Waals surface area (Å²) in [6, 6.07) is 14.7. The zero-order valence-electron chi connectivity index (χ0n) is 12.1. The largest absolute Gasteiger partial charge is 0.388 e. The first-order chi connectivity index (χ1) is 9.65. The average molecular weight is 269 g/mol. The molecule has 0 atom stereocenters. The van der Waals surface area contributed by atoms with Gasteiger partial charge in [-0.1, -0.05) is 37.3 Å². The minimum Gasteiger partial charge on any atom is -0.388 e. The molecule has 0 spiro atoms. The van der Waals surface area contributed by atoms with E-state index in [1.54, 1.807) is 0 Å². The molecule has 2 nitrogen and oxygen atoms in total. The summed E-state index contributed by atoms with van der Waals surface area (Å²) in [5, 5.41) is 16.5. The summed E-state index contributed by atoms with van der Waals surface area (Å²) in [7, 11) is 0. The van der Waals surface area contributed by atoms with E-state index < -0.39 is 5.60 Å². The third-order valence-electron chi connectivity index (χ3n) is 4.58. The Kier molecular flexibility index (Phi) is 3.66. The molecule has 2 aromatic rings. The van der Waals surface area contributed by atoms with Crippen LogP contribution in [-0.4, -0.2) is 17.3 Å². The standard InChI is InChI=1S/C18H23NO/c1-14-8-10-18(20,11-9-14)13-19-17-7-6-15-4-2-3-5-16(15)12-17/h2-7,12,14,19-20H,8-11,13H2,1H3. The molecule has 2 heteroatoms. The van der Waals surface area contributed by atoms with Gasteiger partial charge >= 0.3 is 0 Å². The van der Waals surface area contributed by atoms with E-state index in [9.17, 15) is 5.11 Å². The summed E-state index contributed by atoms with van der Waals surface area (Å²) in [4.78, 5) is 0. The van der Waals surface area contributed by atoms with Crippen LogP contribution in [0.1, 0.15) is 32.6 Å². The number of rotatable bonds is 3. The van der Waals surface area contributed by atoms with Gasteiger partial charge in [0, 0.05) is 12.2 Å². The van der Waals surface area contributed by atoms with E-state index in [-0.39, 0.29) is 0 Å². The first-order valence-electron chi connectivity index (χ1n) is 7.60. The topological polar surface area (TPSA) is 32.3 Å². The molecule has 0 amide bonds. The third-order valence-corrected chi connectivity index (χ3v) is 4.58. The molecule has 0 radical (unpaired) electrons. The van der Waals surface area contributed by atoms with Crippen LogP contribution in [0.25, 0.3) is 10.8 Å². The Hall–Kier alpha value is -1.54. The lowest BCUT2D eigenvalue weighted by Gasteiger charge is -2.35. The predicted octanol–water partition coefficient (Wildman–Crippen LogP) is 4.19. The Bertz CT molecular complexity index is 585. The summed E-state index contributed by atoms with van der Waals surface area (Å²) in [6.45, 7) is 2.93. The molecule has 20 heavy (non-hydrogen) atoms. The number of nitrogens with one attached hydrogen (secondary N) is 1. The van der Waals surface area contributed by atoms with Crippen LogP contribution in [0.4, 0.5) is 5.69 Å². The zero-order valence-corrected chi connectivity index (χ0v) is 12.1. The minimum absolute atomic E-state index is 0.530. The maximum absolute atomic E-state index is 10.6. The Morgan fingerprint density at radius 3 is 2.55 bits per heavy atom. The second-order valence-electron chi connectivity index (χ2n) is 6.32. The van der Waals surface area contributed by atoms with Crippen molar-refractivity contribution in [1.29, 1.82) is 0 Å². The zero-order chi connectivity index (χ0) is 14.0. The molecule has 0 bridgehead atoms. The van der Waals surface area contributed by atoms with Gasteiger partial charge in [0.05, 0.1) is 5.60 Å². The van der Waals surface area contributed by atoms with Crippen molar-refractivity contribution in [1.82, 2.24) is 0 Å². The summed E-state index contributed by atoms with van der Waals surface area (Å²) in [5.41, 5.74) is 0.564. The van der Waals surface area contributed by atoms with Crippen molar-refractivity contribution in [2.45, 2.75) is 38.2 Å². The van der Waals surface area contributed by atoms with Crippen LogP contribution in [0.15, 0.2) is 42.5 Å². The Morgan fingerprint density at radius 1 is 1.10 bits per heavy atom. The van der Waals surface area contributed by atoms with Gasteiger partial charge in [-0.2, -0.15) is 0 Å². The van der Waals surface area contributed by atoms with Gasteiger partial charge in [-0.15, -0.1) is 0 Å². The normalized spacial score (nSPS) is 26.6. The number of benzene rings is 2. The lowest BCUT2D eigenvalue weighted by molar-refractivity contribution is 0.00501. The SMILES string of the molecule is CC1CCC(O)(CNc2ccc3ccccc3c2)CC1. The smallest absolute Gasteiger partial charge is 0.0819 e. The maximum atomic E-state index is 10.6. The molecular formula is C18H23NO. The van der Waals surface area contributed by atoms with Crippen molar-refractivity contribution in [3.8, 4) is 0 Å². The van der Waals surface area contributed by atoms with Crippen molar-refractivity contribution >= 4 is 16.5 Å². The predicted molar refractivity (Wildman–Crippen MR) is 85.0 cm³/mol. The van der Waals surface area contributed by atoms with Crippen LogP contribution in [0.2, 0.25) is 0 Å². The van der Waals surface area contributed by atoms with Gasteiger partial charge in [0.1, 0.15) is 0 Å². The van der Waals surface area contributed by atoms with E-state index in [1.807, 2.05) is 0 Å². The number of aliphatic hydroxyl groups is 1. The van der Waals surface area contributed by atoms with Crippen LogP contribution in [0.3, 0.4) is 0 Å². The quantitative estimate of drug-likeness (QED) is 0.875. The molecule has 1 aliphatic rings. The van der Waals surface area contributed by atoms with Crippen molar-refractivity contribution in [2.75, 3.05) is 11.9 Å². The highest BCUT2D eigenvalue weighted by Gasteiger charge is 2.31. The van der Waals surface area contributed by atoms with E-state index in [1.165, 1.54) is 10.8 Å². The number of hydrogen-bond donors (Lipinski definition) is 2. The van der Waals surface area contributed by atoms with Gasteiger partial charge in [0.25, 0.3) is 0 Å². The highest BCUT2D eigenvalue weighted by atomic mass is 16.3. The molecule has 2 aromatic carbocycles. The molecule has 1 aliphatic carbocycles. The van der Waals surface area contributed by atoms with Gasteiger partial charge < -0.3 is 10.4 Å². The van der Waals surface area contributed by atoms with Gasteiger partial charge in [0.15, 0.2) is 0 Å². The van der Waals surface area contributed by atoms with E-state index in [0.29, 0.717) is 6.54 Å². The second kappa shape index (κ2) is 5.45. The number of anilines is 1. The summed E-state index contributed by atoms with van der Waals surface area (Å²) >= 11 is 0. The molecule has 0 unspecified atom stereocenters. The fourth-order valence-corrected chi connectivity index (χ4v) is 3.04. The fourth-order valence-electron chi connectivity index (χ4n) is 3.04. The average Bonchev–Trinajstić information content (AvgIpc) is 2.48. The van der Waals surface area contributed by atoms with E-state index in [2.05, 4.69) is 54.7 Å². The van der Waals surface area contributed by atoms with Crippen molar-refractivity contribution < 1.29 is 5.11 Å². The fraction of sp³-hybridized carbons (Fsp3) is 0.444. The molecule has 0 heterocycles. The van der Waals surface area contributed by atoms with Crippen LogP contribution < -0.4 is 5.32 Å². The monoisotopic (exact) mass is 269 g/mol. The second-order valence-corrected chi connectivity index (χ2v) is 6.32. The van der Waals surface area contributed by atoms with Gasteiger partial charge in [-0.05, 0) is 54.5 Å². The van der Waals surface area contributed by atoms with Crippen molar-refractivity contribution in [2.24, 2.45) is 5.92 Å². The van der Waals surface area contributed by atoms with Crippen LogP contribution in [-0.2, 0) is 0 Å². The molecule has 1 saturated carbocycles. The van der Waals surface area contributed by atoms with Gasteiger partial charge in [-0.3, -0.25) is 0 Å². The van der Waals surface area contributed by atoms with Crippen molar-refractivity contribution in [3.63, 3.8) is 0 Å². The van der Waals surface area contributed by atoms with Crippen LogP contribution in [0.5, 0.6) is 0 Å². The van der Waals surface area contributed by atoms with Crippen molar-refractivity contribution in [3.05, 3.63) is 42.5 Å². The lowest BCUT2D eigenvalue weighted by atomic mass is 9.79. The molecule has 1 fully saturated rings. The first-order valence-corrected chi connectivity index (χ1v) is 7.60. The van der Waals surface area contributed by atoms with E-state index in [0.717, 1.165) is 37.3 Å². The molecule has 0 aliphatic heterocycles. The molecule has 0 aromatic heterocycles. The highest BCUT2D eigenvalue weighted by Crippen LogP contribution is 2.32. The van der Waals surface area contributed by atoms with Crippen LogP contribution in [0, 0.1) is 5.92 Å². The Labute approximate surface area is 120 Å². The molecular weight excluding hydrogens is 246 g/mol. The third kappa shape index (κ3) is 2.96. The Balaban J connectivity index is 1.67. The summed E-state index contributed by atoms with van der Waals surface area (Å²) in [5.74, 6) is 0.760. The summed E-state index contributed by atoms with van der Waals surface area (Å²) < 4.78 is 0. The molecule has 0 saturated heterocycles. The number of fused-ring (bicyclic) bond motifs is 1.